The number of benzene rings is 1. The van der Waals surface area contributed by atoms with E-state index in [9.17, 15) is 4.79 Å². The molecule has 4 rings (SSSR count). The summed E-state index contributed by atoms with van der Waals surface area (Å²) in [6.45, 7) is 6.85. The maximum absolute atomic E-state index is 12.6. The smallest absolute Gasteiger partial charge is 0.251 e. The molecule has 27 heavy (non-hydrogen) atoms. The van der Waals surface area contributed by atoms with Crippen LogP contribution in [0.5, 0.6) is 0 Å². The number of amides is 1. The van der Waals surface area contributed by atoms with Gasteiger partial charge in [-0.1, -0.05) is 0 Å². The Hall–Kier alpha value is -2.16. The predicted octanol–water partition coefficient (Wildman–Crippen LogP) is 0.376. The second-order valence-corrected chi connectivity index (χ2v) is 7.13. The lowest BCUT2D eigenvalue weighted by atomic mass is 10.1. The van der Waals surface area contributed by atoms with Gasteiger partial charge in [0.15, 0.2) is 0 Å². The Labute approximate surface area is 158 Å². The molecule has 0 radical (unpaired) electrons. The van der Waals surface area contributed by atoms with Gasteiger partial charge in [-0.3, -0.25) is 4.79 Å². The molecule has 2 aliphatic heterocycles. The third-order valence-corrected chi connectivity index (χ3v) is 5.17. The van der Waals surface area contributed by atoms with Crippen LogP contribution in [0.15, 0.2) is 18.2 Å². The SMILES string of the molecule is Cn1c(N2CCOCC2)nc2cc(C(=O)NC[C@H]3CNCCOC3)ccc21. The number of aryl methyl sites for hydroxylation is 1. The van der Waals surface area contributed by atoms with E-state index in [-0.39, 0.29) is 5.91 Å². The van der Waals surface area contributed by atoms with Gasteiger partial charge in [-0.05, 0) is 18.2 Å². The first kappa shape index (κ1) is 18.2. The summed E-state index contributed by atoms with van der Waals surface area (Å²) >= 11 is 0. The van der Waals surface area contributed by atoms with Gasteiger partial charge in [0.2, 0.25) is 5.95 Å². The highest BCUT2D eigenvalue weighted by molar-refractivity contribution is 5.97. The van der Waals surface area contributed by atoms with Crippen molar-refractivity contribution in [1.82, 2.24) is 20.2 Å². The quantitative estimate of drug-likeness (QED) is 0.806. The zero-order valence-electron chi connectivity index (χ0n) is 15.7. The molecule has 8 nitrogen and oxygen atoms in total. The highest BCUT2D eigenvalue weighted by Crippen LogP contribution is 2.23. The Balaban J connectivity index is 1.46. The van der Waals surface area contributed by atoms with Crippen LogP contribution < -0.4 is 15.5 Å². The molecule has 2 saturated heterocycles. The van der Waals surface area contributed by atoms with Crippen molar-refractivity contribution < 1.29 is 14.3 Å². The van der Waals surface area contributed by atoms with Crippen molar-refractivity contribution >= 4 is 22.9 Å². The molecule has 1 aromatic heterocycles. The molecule has 1 atom stereocenters. The average molecular weight is 373 g/mol. The molecule has 1 amide bonds. The van der Waals surface area contributed by atoms with Crippen molar-refractivity contribution in [1.29, 1.82) is 0 Å². The number of ether oxygens (including phenoxy) is 2. The van der Waals surface area contributed by atoms with Crippen LogP contribution in [0.25, 0.3) is 11.0 Å². The van der Waals surface area contributed by atoms with Gasteiger partial charge in [-0.2, -0.15) is 0 Å². The van der Waals surface area contributed by atoms with Gasteiger partial charge in [0, 0.05) is 51.3 Å². The fourth-order valence-electron chi connectivity index (χ4n) is 3.60. The zero-order valence-corrected chi connectivity index (χ0v) is 15.7. The summed E-state index contributed by atoms with van der Waals surface area (Å²) in [6, 6.07) is 5.71. The highest BCUT2D eigenvalue weighted by Gasteiger charge is 2.19. The van der Waals surface area contributed by atoms with Gasteiger partial charge in [-0.25, -0.2) is 4.98 Å². The van der Waals surface area contributed by atoms with E-state index >= 15 is 0 Å². The second kappa shape index (κ2) is 8.24. The lowest BCUT2D eigenvalue weighted by Gasteiger charge is -2.27. The van der Waals surface area contributed by atoms with Gasteiger partial charge >= 0.3 is 0 Å². The van der Waals surface area contributed by atoms with E-state index in [4.69, 9.17) is 14.5 Å². The van der Waals surface area contributed by atoms with Crippen LogP contribution in [0.1, 0.15) is 10.4 Å². The molecule has 3 heterocycles. The van der Waals surface area contributed by atoms with Gasteiger partial charge in [-0.15, -0.1) is 0 Å². The lowest BCUT2D eigenvalue weighted by Crippen LogP contribution is -2.37. The zero-order chi connectivity index (χ0) is 18.6. The molecule has 0 spiro atoms. The van der Waals surface area contributed by atoms with E-state index in [1.165, 1.54) is 0 Å². The Morgan fingerprint density at radius 3 is 3.00 bits per heavy atom. The Kier molecular flexibility index (Phi) is 5.56. The number of carbonyl (C=O) groups excluding carboxylic acids is 1. The van der Waals surface area contributed by atoms with E-state index < -0.39 is 0 Å². The molecule has 146 valence electrons. The number of morpholine rings is 1. The largest absolute Gasteiger partial charge is 0.380 e. The summed E-state index contributed by atoms with van der Waals surface area (Å²) < 4.78 is 13.0. The van der Waals surface area contributed by atoms with Crippen molar-refractivity contribution in [3.63, 3.8) is 0 Å². The summed E-state index contributed by atoms with van der Waals surface area (Å²) in [5.41, 5.74) is 2.50. The molecule has 0 saturated carbocycles. The van der Waals surface area contributed by atoms with Crippen LogP contribution in [-0.4, -0.2) is 74.6 Å². The molecular formula is C19H27N5O3. The normalized spacial score (nSPS) is 21.2. The molecule has 2 aliphatic rings. The summed E-state index contributed by atoms with van der Waals surface area (Å²) in [4.78, 5) is 19.6. The fraction of sp³-hybridized carbons (Fsp3) is 0.579. The molecular weight excluding hydrogens is 346 g/mol. The molecule has 2 aromatic rings. The number of nitrogens with zero attached hydrogens (tertiary/aromatic N) is 3. The number of hydrogen-bond acceptors (Lipinski definition) is 6. The monoisotopic (exact) mass is 373 g/mol. The number of aromatic nitrogens is 2. The van der Waals surface area contributed by atoms with E-state index in [0.29, 0.717) is 24.6 Å². The standard InChI is InChI=1S/C19H27N5O3/c1-23-17-3-2-15(18(25)21-12-14-11-20-4-7-27-13-14)10-16(17)22-19(23)24-5-8-26-9-6-24/h2-3,10,14,20H,4-9,11-13H2,1H3,(H,21,25)/t14-/m1/s1. The molecule has 0 aliphatic carbocycles. The number of hydrogen-bond donors (Lipinski definition) is 2. The van der Waals surface area contributed by atoms with Crippen molar-refractivity contribution in [2.75, 3.05) is 64.1 Å². The van der Waals surface area contributed by atoms with Crippen LogP contribution in [0.2, 0.25) is 0 Å². The summed E-state index contributed by atoms with van der Waals surface area (Å²) in [7, 11) is 2.01. The van der Waals surface area contributed by atoms with Gasteiger partial charge in [0.25, 0.3) is 5.91 Å². The Bertz CT molecular complexity index is 792. The first-order chi connectivity index (χ1) is 13.2. The Morgan fingerprint density at radius 2 is 2.15 bits per heavy atom. The van der Waals surface area contributed by atoms with Crippen LogP contribution in [0, 0.1) is 5.92 Å². The van der Waals surface area contributed by atoms with Crippen LogP contribution in [0.3, 0.4) is 0 Å². The van der Waals surface area contributed by atoms with E-state index in [0.717, 1.165) is 63.0 Å². The number of anilines is 1. The van der Waals surface area contributed by atoms with Crippen LogP contribution in [0.4, 0.5) is 5.95 Å². The average Bonchev–Trinajstić information content (AvgIpc) is 2.87. The molecule has 1 aromatic carbocycles. The van der Waals surface area contributed by atoms with Gasteiger partial charge in [0.05, 0.1) is 37.5 Å². The minimum Gasteiger partial charge on any atom is -0.380 e. The van der Waals surface area contributed by atoms with E-state index in [2.05, 4.69) is 20.1 Å². The first-order valence-corrected chi connectivity index (χ1v) is 9.58. The van der Waals surface area contributed by atoms with Gasteiger partial charge in [0.1, 0.15) is 0 Å². The van der Waals surface area contributed by atoms with Gasteiger partial charge < -0.3 is 29.6 Å². The van der Waals surface area contributed by atoms with Crippen molar-refractivity contribution in [2.24, 2.45) is 13.0 Å². The first-order valence-electron chi connectivity index (χ1n) is 9.58. The maximum Gasteiger partial charge on any atom is 0.251 e. The third kappa shape index (κ3) is 4.07. The highest BCUT2D eigenvalue weighted by atomic mass is 16.5. The molecule has 8 heteroatoms. The predicted molar refractivity (Wildman–Crippen MR) is 103 cm³/mol. The molecule has 2 N–H and O–H groups in total. The number of nitrogens with one attached hydrogen (secondary N) is 2. The number of rotatable bonds is 4. The minimum atomic E-state index is -0.0697. The van der Waals surface area contributed by atoms with Crippen LogP contribution in [-0.2, 0) is 16.5 Å². The van der Waals surface area contributed by atoms with Crippen LogP contribution >= 0.6 is 0 Å². The van der Waals surface area contributed by atoms with Crippen molar-refractivity contribution in [3.8, 4) is 0 Å². The van der Waals surface area contributed by atoms with E-state index in [1.807, 2.05) is 25.2 Å². The Morgan fingerprint density at radius 1 is 1.30 bits per heavy atom. The topological polar surface area (TPSA) is 80.7 Å². The summed E-state index contributed by atoms with van der Waals surface area (Å²) in [5, 5.41) is 6.35. The van der Waals surface area contributed by atoms with Crippen molar-refractivity contribution in [2.45, 2.75) is 0 Å². The fourth-order valence-corrected chi connectivity index (χ4v) is 3.60. The second-order valence-electron chi connectivity index (χ2n) is 7.13. The third-order valence-electron chi connectivity index (χ3n) is 5.17. The summed E-state index contributed by atoms with van der Waals surface area (Å²) in [6.07, 6.45) is 0. The van der Waals surface area contributed by atoms with E-state index in [1.54, 1.807) is 0 Å². The number of carbonyl (C=O) groups is 1. The number of fused-ring (bicyclic) bond motifs is 1. The molecule has 0 unspecified atom stereocenters. The number of imidazole rings is 1. The minimum absolute atomic E-state index is 0.0697. The van der Waals surface area contributed by atoms with Crippen molar-refractivity contribution in [3.05, 3.63) is 23.8 Å². The molecule has 0 bridgehead atoms. The molecule has 2 fully saturated rings. The summed E-state index contributed by atoms with van der Waals surface area (Å²) in [5.74, 6) is 1.15. The maximum atomic E-state index is 12.6. The lowest BCUT2D eigenvalue weighted by molar-refractivity contribution is 0.0921.